The molecule has 0 aliphatic rings. The highest BCUT2D eigenvalue weighted by molar-refractivity contribution is 7.14. The van der Waals surface area contributed by atoms with Gasteiger partial charge in [0, 0.05) is 21.4 Å². The highest BCUT2D eigenvalue weighted by atomic mass is 32.1. The highest BCUT2D eigenvalue weighted by Gasteiger charge is 2.21. The molecule has 0 unspecified atom stereocenters. The van der Waals surface area contributed by atoms with E-state index < -0.39 is 10.9 Å². The summed E-state index contributed by atoms with van der Waals surface area (Å²) in [6, 6.07) is 2.93. The van der Waals surface area contributed by atoms with Crippen molar-refractivity contribution in [2.45, 2.75) is 20.8 Å². The third-order valence-electron chi connectivity index (χ3n) is 2.97. The van der Waals surface area contributed by atoms with Crippen LogP contribution in [-0.2, 0) is 4.74 Å². The van der Waals surface area contributed by atoms with Crippen molar-refractivity contribution in [1.29, 1.82) is 0 Å². The predicted molar refractivity (Wildman–Crippen MR) is 84.1 cm³/mol. The van der Waals surface area contributed by atoms with Gasteiger partial charge in [-0.05, 0) is 26.8 Å². The summed E-state index contributed by atoms with van der Waals surface area (Å²) in [6.07, 6.45) is 0. The lowest BCUT2D eigenvalue weighted by Gasteiger charge is -2.02. The van der Waals surface area contributed by atoms with Crippen LogP contribution in [0.2, 0.25) is 0 Å². The monoisotopic (exact) mass is 339 g/mol. The number of nitro groups is 1. The fourth-order valence-electron chi connectivity index (χ4n) is 1.94. The van der Waals surface area contributed by atoms with Crippen molar-refractivity contribution in [2.75, 3.05) is 6.61 Å². The standard InChI is InChI=1S/C14H13NO5S2/c1-7-4-10(8(2)21-7)12(16)6-20-14(17)13-5-11(15(18)19)9(3)22-13/h4-5H,6H2,1-3H3. The summed E-state index contributed by atoms with van der Waals surface area (Å²) >= 11 is 2.48. The Morgan fingerprint density at radius 2 is 1.86 bits per heavy atom. The van der Waals surface area contributed by atoms with Crippen molar-refractivity contribution in [3.8, 4) is 0 Å². The van der Waals surface area contributed by atoms with Crippen molar-refractivity contribution in [1.82, 2.24) is 0 Å². The lowest BCUT2D eigenvalue weighted by molar-refractivity contribution is -0.385. The molecule has 0 aromatic carbocycles. The number of ether oxygens (including phenoxy) is 1. The summed E-state index contributed by atoms with van der Waals surface area (Å²) in [5.41, 5.74) is 0.427. The Labute approximate surface area is 134 Å². The quantitative estimate of drug-likeness (QED) is 0.359. The lowest BCUT2D eigenvalue weighted by Crippen LogP contribution is -2.13. The minimum Gasteiger partial charge on any atom is -0.453 e. The van der Waals surface area contributed by atoms with Gasteiger partial charge in [0.15, 0.2) is 6.61 Å². The molecule has 0 radical (unpaired) electrons. The van der Waals surface area contributed by atoms with E-state index in [1.54, 1.807) is 13.0 Å². The fourth-order valence-corrected chi connectivity index (χ4v) is 3.77. The molecule has 2 aromatic rings. The minimum absolute atomic E-state index is 0.118. The Kier molecular flexibility index (Phi) is 4.72. The van der Waals surface area contributed by atoms with E-state index in [0.29, 0.717) is 10.4 Å². The molecule has 0 amide bonds. The van der Waals surface area contributed by atoms with Crippen molar-refractivity contribution in [3.63, 3.8) is 0 Å². The van der Waals surface area contributed by atoms with E-state index in [4.69, 9.17) is 4.74 Å². The summed E-state index contributed by atoms with van der Waals surface area (Å²) in [5, 5.41) is 10.8. The number of hydrogen-bond donors (Lipinski definition) is 0. The number of Topliss-reactive ketones (excluding diaryl/α,β-unsaturated/α-hetero) is 1. The van der Waals surface area contributed by atoms with Crippen LogP contribution in [0.1, 0.15) is 34.7 Å². The predicted octanol–water partition coefficient (Wildman–Crippen LogP) is 3.68. The van der Waals surface area contributed by atoms with Crippen LogP contribution in [0, 0.1) is 30.9 Å². The summed E-state index contributed by atoms with van der Waals surface area (Å²) in [6.45, 7) is 4.91. The number of thiophene rings is 2. The summed E-state index contributed by atoms with van der Waals surface area (Å²) in [7, 11) is 0. The number of hydrogen-bond acceptors (Lipinski definition) is 7. The van der Waals surface area contributed by atoms with Gasteiger partial charge < -0.3 is 4.74 Å². The molecule has 22 heavy (non-hydrogen) atoms. The van der Waals surface area contributed by atoms with Gasteiger partial charge in [-0.2, -0.15) is 0 Å². The van der Waals surface area contributed by atoms with Gasteiger partial charge in [0.2, 0.25) is 5.78 Å². The first kappa shape index (κ1) is 16.3. The average molecular weight is 339 g/mol. The molecular formula is C14H13NO5S2. The van der Waals surface area contributed by atoms with E-state index in [9.17, 15) is 19.7 Å². The Bertz CT molecular complexity index is 759. The molecule has 0 N–H and O–H groups in total. The smallest absolute Gasteiger partial charge is 0.349 e. The van der Waals surface area contributed by atoms with Crippen LogP contribution in [0.5, 0.6) is 0 Å². The number of carbonyl (C=O) groups excluding carboxylic acids is 2. The topological polar surface area (TPSA) is 86.5 Å². The zero-order chi connectivity index (χ0) is 16.4. The maximum absolute atomic E-state index is 12.0. The Morgan fingerprint density at radius 3 is 2.36 bits per heavy atom. The van der Waals surface area contributed by atoms with Gasteiger partial charge >= 0.3 is 5.97 Å². The van der Waals surface area contributed by atoms with Crippen molar-refractivity contribution in [3.05, 3.63) is 47.3 Å². The molecule has 0 fully saturated rings. The molecular weight excluding hydrogens is 326 g/mol. The minimum atomic E-state index is -0.723. The van der Waals surface area contributed by atoms with E-state index >= 15 is 0 Å². The third kappa shape index (κ3) is 3.40. The van der Waals surface area contributed by atoms with Crippen LogP contribution in [0.3, 0.4) is 0 Å². The molecule has 2 heterocycles. The molecule has 0 aliphatic carbocycles. The van der Waals surface area contributed by atoms with Crippen LogP contribution in [0.25, 0.3) is 0 Å². The fraction of sp³-hybridized carbons (Fsp3) is 0.286. The van der Waals surface area contributed by atoms with Crippen molar-refractivity contribution < 1.29 is 19.2 Å². The Hall–Kier alpha value is -2.06. The van der Waals surface area contributed by atoms with Crippen LogP contribution in [-0.4, -0.2) is 23.3 Å². The molecule has 2 rings (SSSR count). The number of ketones is 1. The van der Waals surface area contributed by atoms with E-state index in [1.807, 2.05) is 13.8 Å². The van der Waals surface area contributed by atoms with Gasteiger partial charge in [-0.1, -0.05) is 0 Å². The first-order chi connectivity index (χ1) is 10.3. The molecule has 2 aromatic heterocycles. The second-order valence-corrected chi connectivity index (χ2v) is 7.35. The second kappa shape index (κ2) is 6.37. The van der Waals surface area contributed by atoms with Gasteiger partial charge in [-0.3, -0.25) is 14.9 Å². The maximum Gasteiger partial charge on any atom is 0.349 e. The van der Waals surface area contributed by atoms with Gasteiger partial charge in [0.05, 0.1) is 9.80 Å². The molecule has 0 atom stereocenters. The Morgan fingerprint density at radius 1 is 1.18 bits per heavy atom. The van der Waals surface area contributed by atoms with Crippen molar-refractivity contribution >= 4 is 40.1 Å². The first-order valence-corrected chi connectivity index (χ1v) is 7.95. The molecule has 116 valence electrons. The van der Waals surface area contributed by atoms with Crippen LogP contribution < -0.4 is 0 Å². The number of aryl methyl sites for hydroxylation is 3. The summed E-state index contributed by atoms with van der Waals surface area (Å²) < 4.78 is 4.96. The molecule has 0 spiro atoms. The molecule has 8 heteroatoms. The van der Waals surface area contributed by atoms with Gasteiger partial charge in [-0.25, -0.2) is 4.79 Å². The van der Waals surface area contributed by atoms with Crippen LogP contribution in [0.15, 0.2) is 12.1 Å². The number of rotatable bonds is 5. The third-order valence-corrected chi connectivity index (χ3v) is 4.95. The summed E-state index contributed by atoms with van der Waals surface area (Å²) in [4.78, 5) is 36.5. The van der Waals surface area contributed by atoms with Crippen LogP contribution in [0.4, 0.5) is 5.69 Å². The average Bonchev–Trinajstić information content (AvgIpc) is 2.98. The normalized spacial score (nSPS) is 10.5. The molecule has 6 nitrogen and oxygen atoms in total. The van der Waals surface area contributed by atoms with Crippen molar-refractivity contribution in [2.24, 2.45) is 0 Å². The lowest BCUT2D eigenvalue weighted by atomic mass is 10.2. The molecule has 0 aliphatic heterocycles. The number of esters is 1. The first-order valence-electron chi connectivity index (χ1n) is 6.31. The Balaban J connectivity index is 2.04. The van der Waals surface area contributed by atoms with Gasteiger partial charge in [0.25, 0.3) is 5.69 Å². The SMILES string of the molecule is Cc1cc(C(=O)COC(=O)c2cc([N+](=O)[O-])c(C)s2)c(C)s1. The van der Waals surface area contributed by atoms with E-state index in [-0.39, 0.29) is 23.0 Å². The molecule has 0 saturated heterocycles. The zero-order valence-electron chi connectivity index (χ0n) is 12.2. The zero-order valence-corrected chi connectivity index (χ0v) is 13.8. The van der Waals surface area contributed by atoms with Gasteiger partial charge in [0.1, 0.15) is 4.88 Å². The number of nitrogens with zero attached hydrogens (tertiary/aromatic N) is 1. The highest BCUT2D eigenvalue weighted by Crippen LogP contribution is 2.28. The van der Waals surface area contributed by atoms with E-state index in [1.165, 1.54) is 17.4 Å². The van der Waals surface area contributed by atoms with E-state index in [0.717, 1.165) is 21.1 Å². The van der Waals surface area contributed by atoms with Crippen LogP contribution >= 0.6 is 22.7 Å². The summed E-state index contributed by atoms with van der Waals surface area (Å²) in [5.74, 6) is -1.00. The molecule has 0 saturated carbocycles. The second-order valence-electron chi connectivity index (χ2n) is 4.64. The van der Waals surface area contributed by atoms with E-state index in [2.05, 4.69) is 0 Å². The largest absolute Gasteiger partial charge is 0.453 e. The number of carbonyl (C=O) groups is 2. The van der Waals surface area contributed by atoms with Gasteiger partial charge in [-0.15, -0.1) is 22.7 Å². The molecule has 0 bridgehead atoms. The maximum atomic E-state index is 12.0.